The molecule has 0 radical (unpaired) electrons. The molecule has 0 aliphatic heterocycles. The molecule has 0 amide bonds. The highest BCUT2D eigenvalue weighted by atomic mass is 16.5. The van der Waals surface area contributed by atoms with Gasteiger partial charge < -0.3 is 14.9 Å². The van der Waals surface area contributed by atoms with Crippen molar-refractivity contribution >= 4 is 0 Å². The monoisotopic (exact) mass is 238 g/mol. The zero-order valence-electron chi connectivity index (χ0n) is 10.8. The van der Waals surface area contributed by atoms with Gasteiger partial charge in [0.2, 0.25) is 0 Å². The van der Waals surface area contributed by atoms with E-state index in [1.165, 1.54) is 5.56 Å². The van der Waals surface area contributed by atoms with Crippen LogP contribution in [-0.4, -0.2) is 29.5 Å². The number of rotatable bonds is 6. The molecule has 0 atom stereocenters. The number of ether oxygens (including phenoxy) is 1. The summed E-state index contributed by atoms with van der Waals surface area (Å²) >= 11 is 0. The van der Waals surface area contributed by atoms with E-state index in [1.54, 1.807) is 0 Å². The molecule has 0 saturated carbocycles. The van der Waals surface area contributed by atoms with Gasteiger partial charge in [-0.1, -0.05) is 32.9 Å². The second-order valence-corrected chi connectivity index (χ2v) is 4.87. The highest BCUT2D eigenvalue weighted by Gasteiger charge is 2.17. The van der Waals surface area contributed by atoms with Crippen LogP contribution in [0.2, 0.25) is 0 Å². The van der Waals surface area contributed by atoms with Crippen molar-refractivity contribution in [2.75, 3.05) is 13.2 Å². The summed E-state index contributed by atoms with van der Waals surface area (Å²) < 4.78 is 5.41. The van der Waals surface area contributed by atoms with Crippen molar-refractivity contribution in [1.82, 2.24) is 0 Å². The van der Waals surface area contributed by atoms with Gasteiger partial charge in [-0.05, 0) is 29.5 Å². The topological polar surface area (TPSA) is 49.7 Å². The predicted molar refractivity (Wildman–Crippen MR) is 68.3 cm³/mol. The highest BCUT2D eigenvalue weighted by molar-refractivity contribution is 5.31. The quantitative estimate of drug-likeness (QED) is 0.798. The van der Waals surface area contributed by atoms with Crippen molar-refractivity contribution in [2.24, 2.45) is 0 Å². The third-order valence-corrected chi connectivity index (χ3v) is 3.23. The minimum atomic E-state index is -0.542. The van der Waals surface area contributed by atoms with Crippen molar-refractivity contribution in [1.29, 1.82) is 0 Å². The molecule has 3 nitrogen and oxygen atoms in total. The molecule has 0 aromatic heterocycles. The first-order valence-corrected chi connectivity index (χ1v) is 6.02. The van der Waals surface area contributed by atoms with Gasteiger partial charge in [-0.3, -0.25) is 0 Å². The number of hydrogen-bond acceptors (Lipinski definition) is 3. The molecule has 1 aromatic carbocycles. The van der Waals surface area contributed by atoms with Gasteiger partial charge in [-0.2, -0.15) is 0 Å². The van der Waals surface area contributed by atoms with Crippen LogP contribution in [0, 0.1) is 0 Å². The van der Waals surface area contributed by atoms with Gasteiger partial charge in [-0.15, -0.1) is 0 Å². The molecule has 2 N–H and O–H groups in total. The maximum Gasteiger partial charge on any atom is 0.145 e. The normalized spacial score (nSPS) is 11.9. The molecule has 3 heteroatoms. The summed E-state index contributed by atoms with van der Waals surface area (Å²) in [5.41, 5.74) is 1.42. The fourth-order valence-electron chi connectivity index (χ4n) is 1.51. The van der Waals surface area contributed by atoms with Crippen molar-refractivity contribution in [3.05, 3.63) is 29.8 Å². The minimum Gasteiger partial charge on any atom is -0.486 e. The SMILES string of the molecule is CCC(C)(C)c1ccc(OC(CO)CO)cc1. The van der Waals surface area contributed by atoms with Crippen LogP contribution in [0.1, 0.15) is 32.8 Å². The Kier molecular flexibility index (Phi) is 4.97. The molecule has 0 spiro atoms. The zero-order chi connectivity index (χ0) is 12.9. The van der Waals surface area contributed by atoms with Crippen LogP contribution < -0.4 is 4.74 Å². The van der Waals surface area contributed by atoms with E-state index >= 15 is 0 Å². The van der Waals surface area contributed by atoms with Gasteiger partial charge in [0.25, 0.3) is 0 Å². The molecule has 0 fully saturated rings. The molecule has 0 saturated heterocycles. The van der Waals surface area contributed by atoms with Crippen LogP contribution in [0.15, 0.2) is 24.3 Å². The molecule has 0 unspecified atom stereocenters. The Bertz CT molecular complexity index is 326. The van der Waals surface area contributed by atoms with Crippen LogP contribution in [0.5, 0.6) is 5.75 Å². The average molecular weight is 238 g/mol. The second-order valence-electron chi connectivity index (χ2n) is 4.87. The summed E-state index contributed by atoms with van der Waals surface area (Å²) in [7, 11) is 0. The van der Waals surface area contributed by atoms with Gasteiger partial charge in [0, 0.05) is 0 Å². The van der Waals surface area contributed by atoms with E-state index in [4.69, 9.17) is 14.9 Å². The first-order chi connectivity index (χ1) is 8.03. The standard InChI is InChI=1S/C14H22O3/c1-4-14(2,3)11-5-7-12(8-6-11)17-13(9-15)10-16/h5-8,13,15-16H,4,9-10H2,1-3H3. The third kappa shape index (κ3) is 3.72. The van der Waals surface area contributed by atoms with E-state index in [0.29, 0.717) is 5.75 Å². The van der Waals surface area contributed by atoms with Gasteiger partial charge >= 0.3 is 0 Å². The molecule has 0 aliphatic carbocycles. The molecule has 1 rings (SSSR count). The maximum atomic E-state index is 8.92. The van der Waals surface area contributed by atoms with Gasteiger partial charge in [0.15, 0.2) is 0 Å². The van der Waals surface area contributed by atoms with Crippen molar-refractivity contribution in [2.45, 2.75) is 38.7 Å². The van der Waals surface area contributed by atoms with Gasteiger partial charge in [-0.25, -0.2) is 0 Å². The summed E-state index contributed by atoms with van der Waals surface area (Å²) in [6, 6.07) is 7.82. The summed E-state index contributed by atoms with van der Waals surface area (Å²) in [5.74, 6) is 0.675. The van der Waals surface area contributed by atoms with Crippen LogP contribution in [0.4, 0.5) is 0 Å². The van der Waals surface area contributed by atoms with E-state index in [-0.39, 0.29) is 18.6 Å². The van der Waals surface area contributed by atoms with Crippen molar-refractivity contribution < 1.29 is 14.9 Å². The molecule has 17 heavy (non-hydrogen) atoms. The molecule has 0 bridgehead atoms. The Morgan fingerprint density at radius 3 is 2.06 bits per heavy atom. The lowest BCUT2D eigenvalue weighted by molar-refractivity contribution is 0.0629. The number of aliphatic hydroxyl groups excluding tert-OH is 2. The minimum absolute atomic E-state index is 0.159. The van der Waals surface area contributed by atoms with Crippen molar-refractivity contribution in [3.8, 4) is 5.75 Å². The molecule has 0 aliphatic rings. The smallest absolute Gasteiger partial charge is 0.145 e. The number of benzene rings is 1. The maximum absolute atomic E-state index is 8.92. The van der Waals surface area contributed by atoms with Gasteiger partial charge in [0.05, 0.1) is 13.2 Å². The summed E-state index contributed by atoms with van der Waals surface area (Å²) in [6.45, 7) is 6.20. The number of aliphatic hydroxyl groups is 2. The molecular weight excluding hydrogens is 216 g/mol. The number of hydrogen-bond donors (Lipinski definition) is 2. The first-order valence-electron chi connectivity index (χ1n) is 6.02. The van der Waals surface area contributed by atoms with Crippen LogP contribution in [0.3, 0.4) is 0 Å². The first kappa shape index (κ1) is 14.0. The second kappa shape index (κ2) is 6.03. The predicted octanol–water partition coefficient (Wildman–Crippen LogP) is 2.11. The van der Waals surface area contributed by atoms with Crippen LogP contribution in [-0.2, 0) is 5.41 Å². The Hall–Kier alpha value is -1.06. The van der Waals surface area contributed by atoms with Crippen LogP contribution >= 0.6 is 0 Å². The lowest BCUT2D eigenvalue weighted by atomic mass is 9.82. The largest absolute Gasteiger partial charge is 0.486 e. The van der Waals surface area contributed by atoms with E-state index in [0.717, 1.165) is 6.42 Å². The van der Waals surface area contributed by atoms with Crippen molar-refractivity contribution in [3.63, 3.8) is 0 Å². The summed E-state index contributed by atoms with van der Waals surface area (Å²) in [4.78, 5) is 0. The van der Waals surface area contributed by atoms with Crippen LogP contribution in [0.25, 0.3) is 0 Å². The molecule has 96 valence electrons. The molecular formula is C14H22O3. The van der Waals surface area contributed by atoms with E-state index in [2.05, 4.69) is 20.8 Å². The van der Waals surface area contributed by atoms with E-state index < -0.39 is 6.10 Å². The van der Waals surface area contributed by atoms with E-state index in [1.807, 2.05) is 24.3 Å². The lowest BCUT2D eigenvalue weighted by Crippen LogP contribution is -2.25. The summed E-state index contributed by atoms with van der Waals surface area (Å²) in [5, 5.41) is 17.8. The Balaban J connectivity index is 2.74. The zero-order valence-corrected chi connectivity index (χ0v) is 10.8. The Labute approximate surface area is 103 Å². The highest BCUT2D eigenvalue weighted by Crippen LogP contribution is 2.28. The average Bonchev–Trinajstić information content (AvgIpc) is 2.36. The summed E-state index contributed by atoms with van der Waals surface area (Å²) in [6.07, 6.45) is 0.531. The third-order valence-electron chi connectivity index (χ3n) is 3.23. The van der Waals surface area contributed by atoms with Gasteiger partial charge in [0.1, 0.15) is 11.9 Å². The lowest BCUT2D eigenvalue weighted by Gasteiger charge is -2.23. The Morgan fingerprint density at radius 1 is 1.12 bits per heavy atom. The van der Waals surface area contributed by atoms with E-state index in [9.17, 15) is 0 Å². The molecule has 0 heterocycles. The fraction of sp³-hybridized carbons (Fsp3) is 0.571. The fourth-order valence-corrected chi connectivity index (χ4v) is 1.51. The molecule has 1 aromatic rings. The Morgan fingerprint density at radius 2 is 1.65 bits per heavy atom.